The van der Waals surface area contributed by atoms with Gasteiger partial charge >= 0.3 is 5.97 Å². The van der Waals surface area contributed by atoms with Gasteiger partial charge in [0, 0.05) is 11.4 Å². The average Bonchev–Trinajstić information content (AvgIpc) is 2.61. The van der Waals surface area contributed by atoms with E-state index in [0.29, 0.717) is 12.1 Å². The van der Waals surface area contributed by atoms with E-state index in [1.165, 1.54) is 12.7 Å². The van der Waals surface area contributed by atoms with Crippen LogP contribution in [0.25, 0.3) is 0 Å². The molecule has 0 aliphatic heterocycles. The molecular weight excluding hydrogens is 322 g/mol. The first-order valence-corrected chi connectivity index (χ1v) is 8.56. The molecule has 24 heavy (non-hydrogen) atoms. The summed E-state index contributed by atoms with van der Waals surface area (Å²) in [6.45, 7) is 4.36. The number of carbonyl (C=O) groups is 2. The minimum absolute atomic E-state index is 0.0136. The number of esters is 1. The normalized spacial score (nSPS) is 11.6. The molecule has 0 radical (unpaired) electrons. The molecule has 0 aliphatic carbocycles. The van der Waals surface area contributed by atoms with E-state index in [0.717, 1.165) is 10.5 Å². The zero-order valence-electron chi connectivity index (χ0n) is 14.0. The minimum atomic E-state index is -0.367. The molecule has 0 heterocycles. The van der Waals surface area contributed by atoms with Crippen LogP contribution in [0.4, 0.5) is 0 Å². The number of rotatable bonds is 6. The average molecular weight is 343 g/mol. The third kappa shape index (κ3) is 4.86. The number of hydrogen-bond donors (Lipinski definition) is 1. The van der Waals surface area contributed by atoms with E-state index in [1.54, 1.807) is 23.9 Å². The molecule has 2 aromatic rings. The van der Waals surface area contributed by atoms with Gasteiger partial charge in [0.05, 0.1) is 17.9 Å². The van der Waals surface area contributed by atoms with Crippen molar-refractivity contribution in [3.63, 3.8) is 0 Å². The molecule has 0 fully saturated rings. The molecule has 4 nitrogen and oxygen atoms in total. The van der Waals surface area contributed by atoms with Crippen molar-refractivity contribution in [2.24, 2.45) is 0 Å². The lowest BCUT2D eigenvalue weighted by atomic mass is 10.1. The Morgan fingerprint density at radius 3 is 2.42 bits per heavy atom. The minimum Gasteiger partial charge on any atom is -0.465 e. The number of thioether (sulfide) groups is 1. The zero-order valence-corrected chi connectivity index (χ0v) is 14.9. The lowest BCUT2D eigenvalue weighted by Crippen LogP contribution is -2.30. The smallest absolute Gasteiger partial charge is 0.337 e. The summed E-state index contributed by atoms with van der Waals surface area (Å²) in [5, 5.41) is 2.75. The van der Waals surface area contributed by atoms with Crippen molar-refractivity contribution >= 4 is 23.6 Å². The Labute approximate surface area is 146 Å². The topological polar surface area (TPSA) is 55.4 Å². The fourth-order valence-electron chi connectivity index (χ4n) is 2.14. The summed E-state index contributed by atoms with van der Waals surface area (Å²) in [7, 11) is 1.35. The first kappa shape index (κ1) is 18.1. The summed E-state index contributed by atoms with van der Waals surface area (Å²) in [6, 6.07) is 15.0. The Morgan fingerprint density at radius 1 is 1.12 bits per heavy atom. The van der Waals surface area contributed by atoms with E-state index in [4.69, 9.17) is 0 Å². The first-order valence-electron chi connectivity index (χ1n) is 7.68. The largest absolute Gasteiger partial charge is 0.465 e. The highest BCUT2D eigenvalue weighted by atomic mass is 32.2. The van der Waals surface area contributed by atoms with Gasteiger partial charge in [-0.15, -0.1) is 11.8 Å². The fraction of sp³-hybridized carbons (Fsp3) is 0.263. The van der Waals surface area contributed by atoms with Crippen LogP contribution in [0, 0.1) is 6.92 Å². The number of carbonyl (C=O) groups excluding carboxylic acids is 2. The van der Waals surface area contributed by atoms with Crippen LogP contribution < -0.4 is 5.32 Å². The number of benzene rings is 2. The van der Waals surface area contributed by atoms with E-state index in [1.807, 2.05) is 50.2 Å². The molecule has 2 rings (SSSR count). The number of ether oxygens (including phenoxy) is 1. The Balaban J connectivity index is 1.88. The molecule has 0 bridgehead atoms. The van der Waals surface area contributed by atoms with Gasteiger partial charge in [0.1, 0.15) is 0 Å². The quantitative estimate of drug-likeness (QED) is 0.643. The molecule has 0 saturated carbocycles. The number of aryl methyl sites for hydroxylation is 1. The molecule has 0 saturated heterocycles. The molecular formula is C19H21NO3S. The SMILES string of the molecule is COC(=O)c1ccc(CNC(=O)C(C)Sc2ccccc2C)cc1. The van der Waals surface area contributed by atoms with Crippen LogP contribution in [-0.2, 0) is 16.1 Å². The van der Waals surface area contributed by atoms with Crippen LogP contribution in [0.5, 0.6) is 0 Å². The second-order valence-electron chi connectivity index (χ2n) is 5.43. The van der Waals surface area contributed by atoms with Crippen molar-refractivity contribution in [1.29, 1.82) is 0 Å². The zero-order chi connectivity index (χ0) is 17.5. The maximum Gasteiger partial charge on any atom is 0.337 e. The molecule has 1 amide bonds. The molecule has 0 aliphatic rings. The van der Waals surface area contributed by atoms with Crippen molar-refractivity contribution < 1.29 is 14.3 Å². The number of methoxy groups -OCH3 is 1. The molecule has 1 N–H and O–H groups in total. The van der Waals surface area contributed by atoms with Crippen LogP contribution in [0.2, 0.25) is 0 Å². The maximum absolute atomic E-state index is 12.2. The summed E-state index contributed by atoms with van der Waals surface area (Å²) in [6.07, 6.45) is 0. The Morgan fingerprint density at radius 2 is 1.79 bits per heavy atom. The second kappa shape index (κ2) is 8.55. The molecule has 126 valence electrons. The van der Waals surface area contributed by atoms with Crippen LogP contribution in [-0.4, -0.2) is 24.2 Å². The van der Waals surface area contributed by atoms with Gasteiger partial charge in [-0.25, -0.2) is 4.79 Å². The van der Waals surface area contributed by atoms with Crippen LogP contribution in [0.15, 0.2) is 53.4 Å². The third-order valence-electron chi connectivity index (χ3n) is 3.61. The first-order chi connectivity index (χ1) is 11.5. The number of amides is 1. The van der Waals surface area contributed by atoms with Crippen molar-refractivity contribution in [2.75, 3.05) is 7.11 Å². The van der Waals surface area contributed by atoms with Gasteiger partial charge in [-0.3, -0.25) is 4.79 Å². The Kier molecular flexibility index (Phi) is 6.44. The van der Waals surface area contributed by atoms with Gasteiger partial charge in [0.2, 0.25) is 5.91 Å². The van der Waals surface area contributed by atoms with Gasteiger partial charge in [-0.05, 0) is 43.2 Å². The number of hydrogen-bond acceptors (Lipinski definition) is 4. The predicted molar refractivity (Wildman–Crippen MR) is 96.1 cm³/mol. The molecule has 5 heteroatoms. The van der Waals surface area contributed by atoms with E-state index < -0.39 is 0 Å². The lowest BCUT2D eigenvalue weighted by molar-refractivity contribution is -0.120. The summed E-state index contributed by atoms with van der Waals surface area (Å²) < 4.78 is 4.66. The highest BCUT2D eigenvalue weighted by molar-refractivity contribution is 8.00. The van der Waals surface area contributed by atoms with Gasteiger partial charge < -0.3 is 10.1 Å². The standard InChI is InChI=1S/C19H21NO3S/c1-13-6-4-5-7-17(13)24-14(2)18(21)20-12-15-8-10-16(11-9-15)19(22)23-3/h4-11,14H,12H2,1-3H3,(H,20,21). The summed E-state index contributed by atoms with van der Waals surface area (Å²) >= 11 is 1.55. The highest BCUT2D eigenvalue weighted by Crippen LogP contribution is 2.26. The molecule has 2 aromatic carbocycles. The van der Waals surface area contributed by atoms with Crippen LogP contribution >= 0.6 is 11.8 Å². The van der Waals surface area contributed by atoms with Crippen LogP contribution in [0.3, 0.4) is 0 Å². The van der Waals surface area contributed by atoms with Crippen molar-refractivity contribution in [2.45, 2.75) is 30.5 Å². The van der Waals surface area contributed by atoms with Gasteiger partial charge in [0.25, 0.3) is 0 Å². The fourth-order valence-corrected chi connectivity index (χ4v) is 3.12. The summed E-state index contributed by atoms with van der Waals surface area (Å²) in [4.78, 5) is 24.7. The highest BCUT2D eigenvalue weighted by Gasteiger charge is 2.15. The van der Waals surface area contributed by atoms with Gasteiger partial charge in [-0.2, -0.15) is 0 Å². The Bertz CT molecular complexity index is 713. The molecule has 0 spiro atoms. The third-order valence-corrected chi connectivity index (χ3v) is 4.89. The molecule has 1 atom stereocenters. The predicted octanol–water partition coefficient (Wildman–Crippen LogP) is 3.58. The van der Waals surface area contributed by atoms with E-state index in [-0.39, 0.29) is 17.1 Å². The summed E-state index contributed by atoms with van der Waals surface area (Å²) in [5.74, 6) is -0.380. The van der Waals surface area contributed by atoms with Crippen molar-refractivity contribution in [1.82, 2.24) is 5.32 Å². The van der Waals surface area contributed by atoms with Gasteiger partial charge in [0.15, 0.2) is 0 Å². The molecule has 1 unspecified atom stereocenters. The Hall–Kier alpha value is -2.27. The van der Waals surface area contributed by atoms with Gasteiger partial charge in [-0.1, -0.05) is 30.3 Å². The van der Waals surface area contributed by atoms with E-state index >= 15 is 0 Å². The number of nitrogens with one attached hydrogen (secondary N) is 1. The van der Waals surface area contributed by atoms with Crippen molar-refractivity contribution in [3.8, 4) is 0 Å². The summed E-state index contributed by atoms with van der Waals surface area (Å²) in [5.41, 5.74) is 2.60. The maximum atomic E-state index is 12.2. The second-order valence-corrected chi connectivity index (χ2v) is 6.81. The monoisotopic (exact) mass is 343 g/mol. The van der Waals surface area contributed by atoms with E-state index in [2.05, 4.69) is 10.1 Å². The molecule has 0 aromatic heterocycles. The lowest BCUT2D eigenvalue weighted by Gasteiger charge is -2.13. The van der Waals surface area contributed by atoms with E-state index in [9.17, 15) is 9.59 Å². The van der Waals surface area contributed by atoms with Crippen molar-refractivity contribution in [3.05, 3.63) is 65.2 Å². The van der Waals surface area contributed by atoms with Crippen LogP contribution in [0.1, 0.15) is 28.4 Å².